The number of phenols is 1. The first-order chi connectivity index (χ1) is 14.3. The van der Waals surface area contributed by atoms with Gasteiger partial charge in [0, 0.05) is 17.1 Å². The van der Waals surface area contributed by atoms with E-state index in [0.29, 0.717) is 30.6 Å². The molecule has 0 aliphatic heterocycles. The Bertz CT molecular complexity index is 1020. The summed E-state index contributed by atoms with van der Waals surface area (Å²) < 4.78 is 16.9. The van der Waals surface area contributed by atoms with Gasteiger partial charge < -0.3 is 19.3 Å². The molecule has 11 heteroatoms. The Morgan fingerprint density at radius 3 is 2.83 bits per heavy atom. The molecule has 1 aromatic carbocycles. The van der Waals surface area contributed by atoms with Crippen LogP contribution in [0.5, 0.6) is 17.4 Å². The molecule has 158 valence electrons. The van der Waals surface area contributed by atoms with Gasteiger partial charge in [0.15, 0.2) is 18.1 Å². The number of aryl methyl sites for hydroxylation is 1. The van der Waals surface area contributed by atoms with Crippen molar-refractivity contribution < 1.29 is 24.1 Å². The van der Waals surface area contributed by atoms with Crippen molar-refractivity contribution in [2.24, 2.45) is 5.10 Å². The second-order valence-corrected chi connectivity index (χ2v) is 7.81. The van der Waals surface area contributed by atoms with Crippen LogP contribution in [-0.2, 0) is 16.1 Å². The first-order valence-corrected chi connectivity index (χ1v) is 10.3. The van der Waals surface area contributed by atoms with Crippen molar-refractivity contribution in [2.45, 2.75) is 13.5 Å². The van der Waals surface area contributed by atoms with Crippen molar-refractivity contribution in [3.63, 3.8) is 0 Å². The molecule has 0 spiro atoms. The number of carbonyl (C=O) groups is 1. The molecule has 0 fully saturated rings. The Morgan fingerprint density at radius 1 is 1.47 bits per heavy atom. The minimum atomic E-state index is -0.536. The van der Waals surface area contributed by atoms with Crippen LogP contribution in [0, 0.1) is 21.8 Å². The number of aromatic hydroxyl groups is 1. The monoisotopic (exact) mass is 588 g/mol. The highest BCUT2D eigenvalue weighted by Gasteiger charge is 2.18. The summed E-state index contributed by atoms with van der Waals surface area (Å²) in [6, 6.07) is 5.29. The van der Waals surface area contributed by atoms with Gasteiger partial charge in [0.1, 0.15) is 11.6 Å². The maximum absolute atomic E-state index is 12.1. The number of phenolic OH excluding ortho intramolecular Hbond substituents is 1. The van der Waals surface area contributed by atoms with Gasteiger partial charge in [0.05, 0.1) is 29.2 Å². The third-order valence-electron chi connectivity index (χ3n) is 3.78. The summed E-state index contributed by atoms with van der Waals surface area (Å²) >= 11 is 5.35. The molecule has 0 aliphatic rings. The molecular weight excluding hydrogens is 571 g/mol. The van der Waals surface area contributed by atoms with Crippen LogP contribution in [0.1, 0.15) is 22.4 Å². The number of hydrogen-bond acceptors (Lipinski definition) is 8. The second-order valence-electron chi connectivity index (χ2n) is 5.85. The summed E-state index contributed by atoms with van der Waals surface area (Å²) in [7, 11) is 2.95. The van der Waals surface area contributed by atoms with Gasteiger partial charge in [-0.15, -0.1) is 0 Å². The minimum absolute atomic E-state index is 0.0334. The molecule has 0 saturated carbocycles. The third-order valence-corrected chi connectivity index (χ3v) is 5.66. The number of aromatic nitrogens is 1. The molecule has 0 unspecified atom stereocenters. The second kappa shape index (κ2) is 11.1. The Labute approximate surface area is 195 Å². The molecule has 2 rings (SSSR count). The van der Waals surface area contributed by atoms with Gasteiger partial charge in [-0.25, -0.2) is 10.4 Å². The molecule has 0 atom stereocenters. The van der Waals surface area contributed by atoms with Crippen molar-refractivity contribution >= 4 is 50.6 Å². The molecule has 2 N–H and O–H groups in total. The van der Waals surface area contributed by atoms with E-state index in [1.807, 2.05) is 28.7 Å². The van der Waals surface area contributed by atoms with Crippen LogP contribution >= 0.6 is 38.5 Å². The molecular formula is C19H18BrIN4O5. The van der Waals surface area contributed by atoms with Crippen LogP contribution in [0.25, 0.3) is 0 Å². The van der Waals surface area contributed by atoms with Crippen LogP contribution in [0.3, 0.4) is 0 Å². The normalized spacial score (nSPS) is 10.7. The van der Waals surface area contributed by atoms with Crippen LogP contribution in [0.15, 0.2) is 21.7 Å². The number of methoxy groups -OCH3 is 2. The first-order valence-electron chi connectivity index (χ1n) is 8.41. The van der Waals surface area contributed by atoms with Gasteiger partial charge in [0.25, 0.3) is 5.91 Å². The largest absolute Gasteiger partial charge is 0.504 e. The van der Waals surface area contributed by atoms with Gasteiger partial charge in [-0.05, 0) is 63.1 Å². The van der Waals surface area contributed by atoms with Gasteiger partial charge in [-0.1, -0.05) is 0 Å². The van der Waals surface area contributed by atoms with Gasteiger partial charge >= 0.3 is 0 Å². The summed E-state index contributed by atoms with van der Waals surface area (Å²) in [5.74, 6) is -0.162. The lowest BCUT2D eigenvalue weighted by molar-refractivity contribution is -0.123. The van der Waals surface area contributed by atoms with Crippen molar-refractivity contribution in [1.29, 1.82) is 5.26 Å². The lowest BCUT2D eigenvalue weighted by atomic mass is 10.1. The van der Waals surface area contributed by atoms with E-state index in [9.17, 15) is 15.2 Å². The van der Waals surface area contributed by atoms with Crippen molar-refractivity contribution in [3.05, 3.63) is 42.6 Å². The Hall–Kier alpha value is -2.43. The molecule has 1 heterocycles. The van der Waals surface area contributed by atoms with E-state index < -0.39 is 5.91 Å². The highest BCUT2D eigenvalue weighted by molar-refractivity contribution is 14.1. The number of nitrogens with zero attached hydrogens (tertiary/aromatic N) is 3. The summed E-state index contributed by atoms with van der Waals surface area (Å²) in [6.07, 6.45) is 1.40. The topological polar surface area (TPSA) is 126 Å². The molecule has 2 aromatic rings. The van der Waals surface area contributed by atoms with E-state index in [1.54, 1.807) is 19.1 Å². The fourth-order valence-electron chi connectivity index (χ4n) is 2.38. The van der Waals surface area contributed by atoms with Crippen LogP contribution < -0.4 is 14.9 Å². The predicted molar refractivity (Wildman–Crippen MR) is 121 cm³/mol. The summed E-state index contributed by atoms with van der Waals surface area (Å²) in [5.41, 5.74) is 4.34. The van der Waals surface area contributed by atoms with Crippen LogP contribution in [0.4, 0.5) is 0 Å². The van der Waals surface area contributed by atoms with E-state index in [1.165, 1.54) is 20.4 Å². The molecule has 9 nitrogen and oxygen atoms in total. The average molecular weight is 589 g/mol. The SMILES string of the molecule is COCc1c(Br)c(C)nc(OCC(=O)N/N=C\c2cc(I)c(O)c(OC)c2)c1C#N. The molecule has 0 radical (unpaired) electrons. The van der Waals surface area contributed by atoms with Crippen molar-refractivity contribution in [3.8, 4) is 23.4 Å². The lowest BCUT2D eigenvalue weighted by Crippen LogP contribution is -2.25. The first kappa shape index (κ1) is 23.8. The standard InChI is InChI=1S/C19H18BrIN4O5/c1-10-17(20)13(8-28-2)12(6-22)19(24-10)30-9-16(26)25-23-7-11-4-14(21)18(27)15(5-11)29-3/h4-5,7,27H,8-9H2,1-3H3,(H,25,26)/b23-7-. The van der Waals surface area contributed by atoms with Crippen molar-refractivity contribution in [2.75, 3.05) is 20.8 Å². The van der Waals surface area contributed by atoms with E-state index in [2.05, 4.69) is 31.4 Å². The number of benzene rings is 1. The zero-order valence-corrected chi connectivity index (χ0v) is 20.1. The van der Waals surface area contributed by atoms with E-state index in [0.717, 1.165) is 0 Å². The fourth-order valence-corrected chi connectivity index (χ4v) is 3.41. The highest BCUT2D eigenvalue weighted by Crippen LogP contribution is 2.32. The lowest BCUT2D eigenvalue weighted by Gasteiger charge is -2.13. The molecule has 0 saturated heterocycles. The maximum Gasteiger partial charge on any atom is 0.278 e. The quantitative estimate of drug-likeness (QED) is 0.276. The minimum Gasteiger partial charge on any atom is -0.504 e. The third kappa shape index (κ3) is 5.80. The number of nitriles is 1. The van der Waals surface area contributed by atoms with Gasteiger partial charge in [-0.3, -0.25) is 4.79 Å². The Morgan fingerprint density at radius 2 is 2.20 bits per heavy atom. The zero-order chi connectivity index (χ0) is 22.3. The summed E-state index contributed by atoms with van der Waals surface area (Å²) in [4.78, 5) is 16.3. The summed E-state index contributed by atoms with van der Waals surface area (Å²) in [5, 5.41) is 23.2. The highest BCUT2D eigenvalue weighted by atomic mass is 127. The predicted octanol–water partition coefficient (Wildman–Crippen LogP) is 3.02. The van der Waals surface area contributed by atoms with Crippen LogP contribution in [-0.4, -0.2) is 43.0 Å². The fraction of sp³-hybridized carbons (Fsp3) is 0.263. The Kier molecular flexibility index (Phi) is 8.82. The van der Waals surface area contributed by atoms with Crippen LogP contribution in [0.2, 0.25) is 0 Å². The van der Waals surface area contributed by atoms with Gasteiger partial charge in [-0.2, -0.15) is 10.4 Å². The molecule has 0 aliphatic carbocycles. The molecule has 0 bridgehead atoms. The number of amides is 1. The molecule has 1 aromatic heterocycles. The van der Waals surface area contributed by atoms with Crippen molar-refractivity contribution in [1.82, 2.24) is 10.4 Å². The number of halogens is 2. The van der Waals surface area contributed by atoms with E-state index >= 15 is 0 Å². The maximum atomic E-state index is 12.1. The number of rotatable bonds is 8. The number of nitrogens with one attached hydrogen (secondary N) is 1. The van der Waals surface area contributed by atoms with E-state index in [4.69, 9.17) is 14.2 Å². The smallest absolute Gasteiger partial charge is 0.278 e. The molecule has 1 amide bonds. The number of pyridine rings is 1. The van der Waals surface area contributed by atoms with E-state index in [-0.39, 0.29) is 30.4 Å². The van der Waals surface area contributed by atoms with Gasteiger partial charge in [0.2, 0.25) is 5.88 Å². The zero-order valence-electron chi connectivity index (χ0n) is 16.3. The number of hydrazone groups is 1. The molecule has 30 heavy (non-hydrogen) atoms. The number of hydrogen-bond donors (Lipinski definition) is 2. The number of ether oxygens (including phenoxy) is 3. The number of carbonyl (C=O) groups excluding carboxylic acids is 1. The Balaban J connectivity index is 2.06. The average Bonchev–Trinajstić information content (AvgIpc) is 2.72. The summed E-state index contributed by atoms with van der Waals surface area (Å²) in [6.45, 7) is 1.55.